The van der Waals surface area contributed by atoms with Gasteiger partial charge in [-0.3, -0.25) is 4.79 Å². The van der Waals surface area contributed by atoms with Crippen LogP contribution in [0.4, 0.5) is 5.69 Å². The maximum Gasteiger partial charge on any atom is 0.335 e. The summed E-state index contributed by atoms with van der Waals surface area (Å²) in [4.78, 5) is 23.5. The molecule has 1 aromatic heterocycles. The SMILES string of the molecule is Cc1cc(C)c(C(=O)Nc2cc(C(=O)O)ccc2OC(C)C)o1. The van der Waals surface area contributed by atoms with E-state index in [1.54, 1.807) is 19.9 Å². The van der Waals surface area contributed by atoms with Gasteiger partial charge in [-0.2, -0.15) is 0 Å². The fourth-order valence-corrected chi connectivity index (χ4v) is 2.16. The van der Waals surface area contributed by atoms with Crippen LogP contribution in [-0.2, 0) is 0 Å². The summed E-state index contributed by atoms with van der Waals surface area (Å²) in [6.45, 7) is 7.21. The van der Waals surface area contributed by atoms with Gasteiger partial charge in [0.2, 0.25) is 0 Å². The lowest BCUT2D eigenvalue weighted by atomic mass is 10.1. The van der Waals surface area contributed by atoms with Gasteiger partial charge in [0.1, 0.15) is 11.5 Å². The molecule has 0 aliphatic rings. The van der Waals surface area contributed by atoms with E-state index in [1.165, 1.54) is 18.2 Å². The molecule has 0 spiro atoms. The lowest BCUT2D eigenvalue weighted by Gasteiger charge is -2.15. The van der Waals surface area contributed by atoms with Crippen LogP contribution in [0.1, 0.15) is 46.1 Å². The highest BCUT2D eigenvalue weighted by molar-refractivity contribution is 6.04. The number of carboxylic acids is 1. The average molecular weight is 317 g/mol. The average Bonchev–Trinajstić information content (AvgIpc) is 2.79. The number of hydrogen-bond acceptors (Lipinski definition) is 4. The van der Waals surface area contributed by atoms with Gasteiger partial charge in [-0.05, 0) is 52.0 Å². The largest absolute Gasteiger partial charge is 0.489 e. The molecule has 0 atom stereocenters. The van der Waals surface area contributed by atoms with Crippen molar-refractivity contribution < 1.29 is 23.8 Å². The second-order valence-corrected chi connectivity index (χ2v) is 5.51. The summed E-state index contributed by atoms with van der Waals surface area (Å²) in [5.41, 5.74) is 1.06. The molecule has 0 bridgehead atoms. The van der Waals surface area contributed by atoms with Crippen molar-refractivity contribution in [3.63, 3.8) is 0 Å². The molecule has 0 saturated heterocycles. The molecule has 1 aromatic carbocycles. The molecular weight excluding hydrogens is 298 g/mol. The van der Waals surface area contributed by atoms with Crippen LogP contribution in [0.25, 0.3) is 0 Å². The van der Waals surface area contributed by atoms with E-state index in [0.29, 0.717) is 17.1 Å². The van der Waals surface area contributed by atoms with Crippen molar-refractivity contribution in [1.82, 2.24) is 0 Å². The van der Waals surface area contributed by atoms with E-state index in [-0.39, 0.29) is 23.1 Å². The van der Waals surface area contributed by atoms with Crippen LogP contribution < -0.4 is 10.1 Å². The molecular formula is C17H19NO5. The van der Waals surface area contributed by atoms with Crippen LogP contribution in [0.2, 0.25) is 0 Å². The van der Waals surface area contributed by atoms with Gasteiger partial charge in [-0.1, -0.05) is 0 Å². The van der Waals surface area contributed by atoms with E-state index in [2.05, 4.69) is 5.32 Å². The first-order valence-corrected chi connectivity index (χ1v) is 7.20. The molecule has 6 nitrogen and oxygen atoms in total. The zero-order valence-corrected chi connectivity index (χ0v) is 13.5. The number of carbonyl (C=O) groups excluding carboxylic acids is 1. The normalized spacial score (nSPS) is 10.7. The summed E-state index contributed by atoms with van der Waals surface area (Å²) >= 11 is 0. The third-order valence-electron chi connectivity index (χ3n) is 3.08. The highest BCUT2D eigenvalue weighted by Gasteiger charge is 2.18. The van der Waals surface area contributed by atoms with Gasteiger partial charge in [-0.15, -0.1) is 0 Å². The second-order valence-electron chi connectivity index (χ2n) is 5.51. The zero-order chi connectivity index (χ0) is 17.1. The Labute approximate surface area is 134 Å². The Hall–Kier alpha value is -2.76. The molecule has 6 heteroatoms. The van der Waals surface area contributed by atoms with Gasteiger partial charge in [0.15, 0.2) is 5.76 Å². The molecule has 1 heterocycles. The molecule has 0 unspecified atom stereocenters. The summed E-state index contributed by atoms with van der Waals surface area (Å²) in [7, 11) is 0. The van der Waals surface area contributed by atoms with Crippen LogP contribution in [0.3, 0.4) is 0 Å². The van der Waals surface area contributed by atoms with Crippen molar-refractivity contribution in [3.05, 3.63) is 46.9 Å². The van der Waals surface area contributed by atoms with E-state index >= 15 is 0 Å². The van der Waals surface area contributed by atoms with Gasteiger partial charge in [0.25, 0.3) is 5.91 Å². The molecule has 0 radical (unpaired) electrons. The van der Waals surface area contributed by atoms with Crippen LogP contribution >= 0.6 is 0 Å². The van der Waals surface area contributed by atoms with Crippen LogP contribution in [0.5, 0.6) is 5.75 Å². The maximum atomic E-state index is 12.4. The number of aromatic carboxylic acids is 1. The van der Waals surface area contributed by atoms with Gasteiger partial charge in [0, 0.05) is 5.56 Å². The second kappa shape index (κ2) is 6.56. The Kier molecular flexibility index (Phi) is 4.74. The number of hydrogen-bond donors (Lipinski definition) is 2. The number of benzene rings is 1. The fourth-order valence-electron chi connectivity index (χ4n) is 2.16. The molecule has 2 rings (SSSR count). The molecule has 1 amide bonds. The number of anilines is 1. The number of carbonyl (C=O) groups is 2. The van der Waals surface area contributed by atoms with Gasteiger partial charge >= 0.3 is 5.97 Å². The number of rotatable bonds is 5. The molecule has 0 aliphatic heterocycles. The van der Waals surface area contributed by atoms with Gasteiger partial charge < -0.3 is 19.6 Å². The standard InChI is InChI=1S/C17H19NO5/c1-9(2)22-14-6-5-12(17(20)21)8-13(14)18-16(19)15-10(3)7-11(4)23-15/h5-9H,1-4H3,(H,18,19)(H,20,21). The Morgan fingerprint density at radius 2 is 1.91 bits per heavy atom. The highest BCUT2D eigenvalue weighted by atomic mass is 16.5. The van der Waals surface area contributed by atoms with Crippen LogP contribution in [0.15, 0.2) is 28.7 Å². The summed E-state index contributed by atoms with van der Waals surface area (Å²) < 4.78 is 11.0. The van der Waals surface area contributed by atoms with Crippen molar-refractivity contribution >= 4 is 17.6 Å². The smallest absolute Gasteiger partial charge is 0.335 e. The van der Waals surface area contributed by atoms with E-state index < -0.39 is 11.9 Å². The minimum atomic E-state index is -1.08. The zero-order valence-electron chi connectivity index (χ0n) is 13.5. The Morgan fingerprint density at radius 3 is 2.43 bits per heavy atom. The van der Waals surface area contributed by atoms with Crippen molar-refractivity contribution in [1.29, 1.82) is 0 Å². The topological polar surface area (TPSA) is 88.8 Å². The van der Waals surface area contributed by atoms with Crippen molar-refractivity contribution in [2.45, 2.75) is 33.8 Å². The molecule has 0 fully saturated rings. The van der Waals surface area contributed by atoms with Crippen LogP contribution in [-0.4, -0.2) is 23.1 Å². The highest BCUT2D eigenvalue weighted by Crippen LogP contribution is 2.28. The number of carboxylic acid groups (broad SMARTS) is 1. The fraction of sp³-hybridized carbons (Fsp3) is 0.294. The first kappa shape index (κ1) is 16.6. The van der Waals surface area contributed by atoms with Crippen molar-refractivity contribution in [3.8, 4) is 5.75 Å². The maximum absolute atomic E-state index is 12.4. The molecule has 0 aliphatic carbocycles. The van der Waals surface area contributed by atoms with Crippen molar-refractivity contribution in [2.75, 3.05) is 5.32 Å². The molecule has 122 valence electrons. The van der Waals surface area contributed by atoms with Crippen LogP contribution in [0, 0.1) is 13.8 Å². The molecule has 2 aromatic rings. The Bertz CT molecular complexity index is 745. The van der Waals surface area contributed by atoms with E-state index in [0.717, 1.165) is 0 Å². The predicted octanol–water partition coefficient (Wildman–Crippen LogP) is 3.63. The number of aryl methyl sites for hydroxylation is 2. The monoisotopic (exact) mass is 317 g/mol. The van der Waals surface area contributed by atoms with Gasteiger partial charge in [-0.25, -0.2) is 4.79 Å². The summed E-state index contributed by atoms with van der Waals surface area (Å²) in [5, 5.41) is 11.8. The number of furan rings is 1. The predicted molar refractivity (Wildman–Crippen MR) is 85.3 cm³/mol. The molecule has 2 N–H and O–H groups in total. The Morgan fingerprint density at radius 1 is 1.22 bits per heavy atom. The number of nitrogens with one attached hydrogen (secondary N) is 1. The van der Waals surface area contributed by atoms with E-state index in [9.17, 15) is 9.59 Å². The lowest BCUT2D eigenvalue weighted by molar-refractivity contribution is 0.0696. The lowest BCUT2D eigenvalue weighted by Crippen LogP contribution is -2.15. The van der Waals surface area contributed by atoms with E-state index in [4.69, 9.17) is 14.3 Å². The third-order valence-corrected chi connectivity index (χ3v) is 3.08. The third kappa shape index (κ3) is 3.91. The quantitative estimate of drug-likeness (QED) is 0.879. The van der Waals surface area contributed by atoms with Gasteiger partial charge in [0.05, 0.1) is 17.4 Å². The van der Waals surface area contributed by atoms with Crippen molar-refractivity contribution in [2.24, 2.45) is 0 Å². The first-order valence-electron chi connectivity index (χ1n) is 7.20. The minimum Gasteiger partial charge on any atom is -0.489 e. The summed E-state index contributed by atoms with van der Waals surface area (Å²) in [6, 6.07) is 6.08. The Balaban J connectivity index is 2.35. The molecule has 23 heavy (non-hydrogen) atoms. The first-order chi connectivity index (χ1) is 10.8. The minimum absolute atomic E-state index is 0.0590. The molecule has 0 saturated carbocycles. The number of amides is 1. The van der Waals surface area contributed by atoms with E-state index in [1.807, 2.05) is 13.8 Å². The number of ether oxygens (including phenoxy) is 1. The summed E-state index contributed by atoms with van der Waals surface area (Å²) in [6.07, 6.45) is -0.117. The summed E-state index contributed by atoms with van der Waals surface area (Å²) in [5.74, 6) is -0.308.